The monoisotopic (exact) mass is 496 g/mol. The Morgan fingerprint density at radius 2 is 1.77 bits per heavy atom. The van der Waals surface area contributed by atoms with Gasteiger partial charge in [0.25, 0.3) is 0 Å². The molecule has 0 radical (unpaired) electrons. The van der Waals surface area contributed by atoms with Crippen LogP contribution in [0, 0.1) is 11.3 Å². The molecule has 3 rings (SSSR count). The van der Waals surface area contributed by atoms with Crippen LogP contribution in [0.15, 0.2) is 54.2 Å². The predicted octanol–water partition coefficient (Wildman–Crippen LogP) is 7.04. The number of carbonyl (C=O) groups is 2. The Bertz CT molecular complexity index is 1120. The highest BCUT2D eigenvalue weighted by Gasteiger charge is 2.39. The van der Waals surface area contributed by atoms with E-state index in [1.165, 1.54) is 0 Å². The number of aryl methyl sites for hydroxylation is 1. The molecule has 2 N–H and O–H groups in total. The molecule has 35 heavy (non-hydrogen) atoms. The summed E-state index contributed by atoms with van der Waals surface area (Å²) in [6, 6.07) is 12.8. The van der Waals surface area contributed by atoms with Gasteiger partial charge < -0.3 is 15.3 Å². The lowest BCUT2D eigenvalue weighted by Crippen LogP contribution is -2.55. The maximum Gasteiger partial charge on any atom is 0.335 e. The standard InChI is InChI=1S/C29H37ClN2O3/c1-19(2)24-18-32(16-14-20-7-9-22(10-8-20)26(33)34)27(35)31-29(24,6)23-12-11-21(25(30)17-23)13-15-28(3,4)5/h7-12,17-19H,13-16H2,1-6H3,(H,31,35)(H,33,34)/t29-/m1/s1. The molecule has 1 atom stereocenters. The van der Waals surface area contributed by atoms with Crippen molar-refractivity contribution in [2.24, 2.45) is 11.3 Å². The van der Waals surface area contributed by atoms with Crippen LogP contribution in [-0.4, -0.2) is 28.6 Å². The second-order valence-corrected chi connectivity index (χ2v) is 11.5. The first-order valence-corrected chi connectivity index (χ1v) is 12.6. The minimum absolute atomic E-state index is 0.160. The molecule has 6 heteroatoms. The van der Waals surface area contributed by atoms with Gasteiger partial charge in [-0.15, -0.1) is 0 Å². The summed E-state index contributed by atoms with van der Waals surface area (Å²) in [4.78, 5) is 25.9. The van der Waals surface area contributed by atoms with Crippen molar-refractivity contribution in [3.63, 3.8) is 0 Å². The second-order valence-electron chi connectivity index (χ2n) is 11.1. The van der Waals surface area contributed by atoms with E-state index in [9.17, 15) is 9.59 Å². The summed E-state index contributed by atoms with van der Waals surface area (Å²) in [6.45, 7) is 13.5. The molecule has 5 nitrogen and oxygen atoms in total. The van der Waals surface area contributed by atoms with E-state index in [1.54, 1.807) is 29.2 Å². The first-order chi connectivity index (χ1) is 16.3. The van der Waals surface area contributed by atoms with Crippen LogP contribution in [0.1, 0.15) is 75.0 Å². The van der Waals surface area contributed by atoms with Crippen molar-refractivity contribution in [1.29, 1.82) is 0 Å². The molecule has 0 fully saturated rings. The van der Waals surface area contributed by atoms with Crippen LogP contribution < -0.4 is 5.32 Å². The van der Waals surface area contributed by atoms with E-state index >= 15 is 0 Å². The fourth-order valence-electron chi connectivity index (χ4n) is 4.48. The van der Waals surface area contributed by atoms with Crippen molar-refractivity contribution in [2.45, 2.75) is 66.3 Å². The molecule has 0 spiro atoms. The van der Waals surface area contributed by atoms with Gasteiger partial charge in [0.1, 0.15) is 0 Å². The topological polar surface area (TPSA) is 69.6 Å². The molecule has 0 aromatic heterocycles. The Morgan fingerprint density at radius 3 is 2.31 bits per heavy atom. The van der Waals surface area contributed by atoms with Gasteiger partial charge in [-0.25, -0.2) is 9.59 Å². The highest BCUT2D eigenvalue weighted by atomic mass is 35.5. The Kier molecular flexibility index (Phi) is 8.00. The molecule has 0 unspecified atom stereocenters. The van der Waals surface area contributed by atoms with Gasteiger partial charge in [0.05, 0.1) is 11.1 Å². The maximum absolute atomic E-state index is 13.1. The SMILES string of the molecule is CC(C)C1=CN(CCc2ccc(C(=O)O)cc2)C(=O)N[C@]1(C)c1ccc(CCC(C)(C)C)c(Cl)c1. The van der Waals surface area contributed by atoms with Crippen molar-refractivity contribution in [3.8, 4) is 0 Å². The number of halogens is 1. The first-order valence-electron chi connectivity index (χ1n) is 12.2. The zero-order chi connectivity index (χ0) is 26.0. The lowest BCUT2D eigenvalue weighted by Gasteiger charge is -2.42. The van der Waals surface area contributed by atoms with Gasteiger partial charge in [-0.05, 0) is 78.0 Å². The first kappa shape index (κ1) is 26.8. The number of carbonyl (C=O) groups excluding carboxylic acids is 1. The third-order valence-electron chi connectivity index (χ3n) is 6.73. The smallest absolute Gasteiger partial charge is 0.335 e. The molecular weight excluding hydrogens is 460 g/mol. The van der Waals surface area contributed by atoms with Crippen molar-refractivity contribution in [1.82, 2.24) is 10.2 Å². The molecule has 0 saturated carbocycles. The Morgan fingerprint density at radius 1 is 1.11 bits per heavy atom. The number of aromatic carboxylic acids is 1. The van der Waals surface area contributed by atoms with Crippen LogP contribution in [0.25, 0.3) is 0 Å². The summed E-state index contributed by atoms with van der Waals surface area (Å²) in [7, 11) is 0. The highest BCUT2D eigenvalue weighted by Crippen LogP contribution is 2.38. The minimum atomic E-state index is -0.946. The van der Waals surface area contributed by atoms with Crippen LogP contribution in [0.5, 0.6) is 0 Å². The number of nitrogens with zero attached hydrogens (tertiary/aromatic N) is 1. The van der Waals surface area contributed by atoms with E-state index in [2.05, 4.69) is 52.1 Å². The Labute approximate surface area is 214 Å². The molecule has 1 heterocycles. The fourth-order valence-corrected chi connectivity index (χ4v) is 4.75. The number of carboxylic acids is 1. The van der Waals surface area contributed by atoms with Crippen molar-refractivity contribution < 1.29 is 14.7 Å². The predicted molar refractivity (Wildman–Crippen MR) is 142 cm³/mol. The average Bonchev–Trinajstić information content (AvgIpc) is 2.77. The Balaban J connectivity index is 1.82. The highest BCUT2D eigenvalue weighted by molar-refractivity contribution is 6.31. The molecule has 0 saturated heterocycles. The number of hydrogen-bond donors (Lipinski definition) is 2. The average molecular weight is 497 g/mol. The van der Waals surface area contributed by atoms with Crippen LogP contribution in [0.4, 0.5) is 4.79 Å². The van der Waals surface area contributed by atoms with Gasteiger partial charge in [-0.1, -0.05) is 70.5 Å². The molecule has 188 valence electrons. The molecule has 0 aliphatic carbocycles. The van der Waals surface area contributed by atoms with E-state index in [4.69, 9.17) is 16.7 Å². The maximum atomic E-state index is 13.1. The Hall–Kier alpha value is -2.79. The van der Waals surface area contributed by atoms with Crippen molar-refractivity contribution >= 4 is 23.6 Å². The molecule has 2 amide bonds. The number of urea groups is 1. The van der Waals surface area contributed by atoms with Crippen LogP contribution in [0.3, 0.4) is 0 Å². The molecule has 1 aliphatic heterocycles. The number of carboxylic acid groups (broad SMARTS) is 1. The zero-order valence-corrected chi connectivity index (χ0v) is 22.4. The molecule has 2 aromatic carbocycles. The summed E-state index contributed by atoms with van der Waals surface area (Å²) in [5, 5.41) is 13.1. The third kappa shape index (κ3) is 6.46. The lowest BCUT2D eigenvalue weighted by molar-refractivity contribution is 0.0697. The van der Waals surface area contributed by atoms with Gasteiger partial charge in [0, 0.05) is 17.8 Å². The van der Waals surface area contributed by atoms with E-state index in [-0.39, 0.29) is 22.9 Å². The largest absolute Gasteiger partial charge is 0.478 e. The van der Waals surface area contributed by atoms with E-state index in [0.717, 1.165) is 40.1 Å². The van der Waals surface area contributed by atoms with E-state index in [0.29, 0.717) is 13.0 Å². The minimum Gasteiger partial charge on any atom is -0.478 e. The third-order valence-corrected chi connectivity index (χ3v) is 7.08. The van der Waals surface area contributed by atoms with Crippen LogP contribution >= 0.6 is 11.6 Å². The van der Waals surface area contributed by atoms with Gasteiger partial charge in [0.2, 0.25) is 0 Å². The fraction of sp³-hybridized carbons (Fsp3) is 0.448. The summed E-state index contributed by atoms with van der Waals surface area (Å²) in [6.07, 6.45) is 4.56. The van der Waals surface area contributed by atoms with E-state index < -0.39 is 11.5 Å². The quantitative estimate of drug-likeness (QED) is 0.411. The zero-order valence-electron chi connectivity index (χ0n) is 21.6. The molecule has 1 aliphatic rings. The molecule has 2 aromatic rings. The van der Waals surface area contributed by atoms with Gasteiger partial charge in [0.15, 0.2) is 0 Å². The lowest BCUT2D eigenvalue weighted by atomic mass is 9.78. The van der Waals surface area contributed by atoms with Crippen molar-refractivity contribution in [2.75, 3.05) is 6.54 Å². The normalized spacial score (nSPS) is 18.5. The molecule has 0 bridgehead atoms. The van der Waals surface area contributed by atoms with Crippen LogP contribution in [-0.2, 0) is 18.4 Å². The number of rotatable bonds is 8. The van der Waals surface area contributed by atoms with Crippen molar-refractivity contribution in [3.05, 3.63) is 81.5 Å². The summed E-state index contributed by atoms with van der Waals surface area (Å²) >= 11 is 6.70. The van der Waals surface area contributed by atoms with Gasteiger partial charge >= 0.3 is 12.0 Å². The molecular formula is C29H37ClN2O3. The van der Waals surface area contributed by atoms with Crippen LogP contribution in [0.2, 0.25) is 5.02 Å². The summed E-state index contributed by atoms with van der Waals surface area (Å²) in [5.74, 6) is -0.740. The summed E-state index contributed by atoms with van der Waals surface area (Å²) < 4.78 is 0. The second kappa shape index (κ2) is 10.4. The number of benzene rings is 2. The number of nitrogens with one attached hydrogen (secondary N) is 1. The number of amides is 2. The number of hydrogen-bond acceptors (Lipinski definition) is 2. The van der Waals surface area contributed by atoms with E-state index in [1.807, 2.05) is 19.2 Å². The van der Waals surface area contributed by atoms with Gasteiger partial charge in [-0.2, -0.15) is 0 Å². The summed E-state index contributed by atoms with van der Waals surface area (Å²) in [5.41, 5.74) is 4.02. The van der Waals surface area contributed by atoms with Gasteiger partial charge in [-0.3, -0.25) is 0 Å².